The maximum atomic E-state index is 10.8. The first-order valence-electron chi connectivity index (χ1n) is 3.85. The van der Waals surface area contributed by atoms with Gasteiger partial charge in [0.1, 0.15) is 5.78 Å². The Morgan fingerprint density at radius 1 is 1.55 bits per heavy atom. The molecule has 0 aliphatic heterocycles. The topological polar surface area (TPSA) is 65.8 Å². The molecule has 0 aromatic rings. The summed E-state index contributed by atoms with van der Waals surface area (Å²) in [5, 5.41) is 3.49. The van der Waals surface area contributed by atoms with Crippen LogP contribution in [-0.4, -0.2) is 12.3 Å². The van der Waals surface area contributed by atoms with E-state index in [9.17, 15) is 4.79 Å². The van der Waals surface area contributed by atoms with Crippen LogP contribution in [0.1, 0.15) is 25.7 Å². The predicted octanol–water partition coefficient (Wildman–Crippen LogP) is 2.06. The zero-order chi connectivity index (χ0) is 8.10. The van der Waals surface area contributed by atoms with Crippen molar-refractivity contribution >= 4 is 5.78 Å². The fourth-order valence-electron chi connectivity index (χ4n) is 1.33. The third kappa shape index (κ3) is 2.60. The molecule has 1 rings (SSSR count). The molecule has 1 aliphatic carbocycles. The maximum Gasteiger partial charge on any atom is 0.132 e. The number of hydrogen-bond donors (Lipinski definition) is 0. The first-order chi connectivity index (χ1) is 5.33. The second-order valence-corrected chi connectivity index (χ2v) is 2.90. The van der Waals surface area contributed by atoms with Gasteiger partial charge in [-0.2, -0.15) is 0 Å². The summed E-state index contributed by atoms with van der Waals surface area (Å²) >= 11 is 0. The van der Waals surface area contributed by atoms with E-state index in [1.54, 1.807) is 0 Å². The van der Waals surface area contributed by atoms with E-state index in [-0.39, 0.29) is 0 Å². The summed E-state index contributed by atoms with van der Waals surface area (Å²) in [5.74, 6) is 0.797. The van der Waals surface area contributed by atoms with Crippen LogP contribution in [0.15, 0.2) is 5.11 Å². The van der Waals surface area contributed by atoms with Crippen LogP contribution in [0.3, 0.4) is 0 Å². The lowest BCUT2D eigenvalue weighted by Crippen LogP contribution is -2.15. The van der Waals surface area contributed by atoms with E-state index in [4.69, 9.17) is 5.53 Å². The summed E-state index contributed by atoms with van der Waals surface area (Å²) < 4.78 is 0. The quantitative estimate of drug-likeness (QED) is 0.340. The molecular weight excluding hydrogens is 142 g/mol. The molecular formula is C7H11N3O. The summed E-state index contributed by atoms with van der Waals surface area (Å²) in [4.78, 5) is 13.5. The molecule has 4 nitrogen and oxygen atoms in total. The molecule has 0 aromatic carbocycles. The molecule has 0 heterocycles. The molecule has 0 saturated heterocycles. The van der Waals surface area contributed by atoms with E-state index in [2.05, 4.69) is 10.0 Å². The molecule has 1 fully saturated rings. The van der Waals surface area contributed by atoms with Crippen LogP contribution in [0, 0.1) is 5.92 Å². The second kappa shape index (κ2) is 3.98. The molecule has 0 unspecified atom stereocenters. The molecule has 60 valence electrons. The first-order valence-corrected chi connectivity index (χ1v) is 3.85. The van der Waals surface area contributed by atoms with Crippen LogP contribution < -0.4 is 0 Å². The van der Waals surface area contributed by atoms with Gasteiger partial charge in [0.2, 0.25) is 0 Å². The van der Waals surface area contributed by atoms with Gasteiger partial charge in [-0.05, 0) is 24.3 Å². The Labute approximate surface area is 65.2 Å². The van der Waals surface area contributed by atoms with Crippen molar-refractivity contribution in [3.8, 4) is 0 Å². The van der Waals surface area contributed by atoms with Gasteiger partial charge in [0.15, 0.2) is 0 Å². The van der Waals surface area contributed by atoms with Crippen molar-refractivity contribution in [3.63, 3.8) is 0 Å². The van der Waals surface area contributed by atoms with Crippen molar-refractivity contribution in [1.29, 1.82) is 0 Å². The van der Waals surface area contributed by atoms with Gasteiger partial charge in [-0.15, -0.1) is 0 Å². The van der Waals surface area contributed by atoms with Gasteiger partial charge >= 0.3 is 0 Å². The minimum atomic E-state index is 0.349. The van der Waals surface area contributed by atoms with E-state index in [1.165, 1.54) is 0 Å². The summed E-state index contributed by atoms with van der Waals surface area (Å²) in [6.45, 7) is 0.559. The van der Waals surface area contributed by atoms with Gasteiger partial charge < -0.3 is 0 Å². The van der Waals surface area contributed by atoms with Crippen molar-refractivity contribution in [2.45, 2.75) is 25.7 Å². The average molecular weight is 153 g/mol. The van der Waals surface area contributed by atoms with Crippen LogP contribution in [0.2, 0.25) is 0 Å². The number of ketones is 1. The second-order valence-electron chi connectivity index (χ2n) is 2.90. The molecule has 0 radical (unpaired) electrons. The fraction of sp³-hybridized carbons (Fsp3) is 0.857. The molecule has 0 aromatic heterocycles. The van der Waals surface area contributed by atoms with E-state index in [0.717, 1.165) is 12.8 Å². The lowest BCUT2D eigenvalue weighted by Gasteiger charge is -2.17. The fourth-order valence-corrected chi connectivity index (χ4v) is 1.33. The van der Waals surface area contributed by atoms with Crippen molar-refractivity contribution < 1.29 is 4.79 Å². The van der Waals surface area contributed by atoms with Gasteiger partial charge in [-0.1, -0.05) is 5.11 Å². The summed E-state index contributed by atoms with van der Waals surface area (Å²) in [6.07, 6.45) is 3.15. The van der Waals surface area contributed by atoms with Crippen molar-refractivity contribution in [2.75, 3.05) is 6.54 Å². The SMILES string of the molecule is [N-]=[N+]=NCC1CCC(=O)CC1. The third-order valence-corrected chi connectivity index (χ3v) is 2.07. The number of nitrogens with zero attached hydrogens (tertiary/aromatic N) is 3. The van der Waals surface area contributed by atoms with Crippen LogP contribution in [0.5, 0.6) is 0 Å². The molecule has 11 heavy (non-hydrogen) atoms. The zero-order valence-electron chi connectivity index (χ0n) is 6.36. The van der Waals surface area contributed by atoms with Crippen LogP contribution in [0.25, 0.3) is 10.4 Å². The van der Waals surface area contributed by atoms with Crippen LogP contribution >= 0.6 is 0 Å². The standard InChI is InChI=1S/C7H11N3O/c8-10-9-5-6-1-3-7(11)4-2-6/h6H,1-5H2. The Balaban J connectivity index is 2.27. The van der Waals surface area contributed by atoms with E-state index < -0.39 is 0 Å². The highest BCUT2D eigenvalue weighted by atomic mass is 16.1. The molecule has 4 heteroatoms. The Morgan fingerprint density at radius 3 is 2.73 bits per heavy atom. The Bertz CT molecular complexity index is 186. The zero-order valence-corrected chi connectivity index (χ0v) is 6.36. The van der Waals surface area contributed by atoms with Crippen molar-refractivity contribution in [1.82, 2.24) is 0 Å². The highest BCUT2D eigenvalue weighted by Crippen LogP contribution is 2.21. The molecule has 0 amide bonds. The lowest BCUT2D eigenvalue weighted by atomic mass is 9.89. The number of hydrogen-bond acceptors (Lipinski definition) is 2. The highest BCUT2D eigenvalue weighted by Gasteiger charge is 2.17. The van der Waals surface area contributed by atoms with E-state index in [1.807, 2.05) is 0 Å². The molecule has 0 bridgehead atoms. The minimum Gasteiger partial charge on any atom is -0.300 e. The van der Waals surface area contributed by atoms with Gasteiger partial charge in [0.05, 0.1) is 0 Å². The van der Waals surface area contributed by atoms with Crippen molar-refractivity contribution in [3.05, 3.63) is 10.4 Å². The first kappa shape index (κ1) is 8.08. The smallest absolute Gasteiger partial charge is 0.132 e. The minimum absolute atomic E-state index is 0.349. The number of carbonyl (C=O) groups is 1. The van der Waals surface area contributed by atoms with Crippen LogP contribution in [-0.2, 0) is 4.79 Å². The molecule has 0 N–H and O–H groups in total. The number of rotatable bonds is 2. The average Bonchev–Trinajstić information content (AvgIpc) is 2.04. The number of Topliss-reactive ketones (excluding diaryl/α,β-unsaturated/α-hetero) is 1. The predicted molar refractivity (Wildman–Crippen MR) is 41.0 cm³/mol. The Hall–Kier alpha value is -1.02. The summed E-state index contributed by atoms with van der Waals surface area (Å²) in [6, 6.07) is 0. The molecule has 0 spiro atoms. The molecule has 1 aliphatic rings. The summed E-state index contributed by atoms with van der Waals surface area (Å²) in [7, 11) is 0. The monoisotopic (exact) mass is 153 g/mol. The van der Waals surface area contributed by atoms with Gasteiger partial charge in [0.25, 0.3) is 0 Å². The third-order valence-electron chi connectivity index (χ3n) is 2.07. The molecule has 0 atom stereocenters. The number of carbonyl (C=O) groups excluding carboxylic acids is 1. The van der Waals surface area contributed by atoms with E-state index >= 15 is 0 Å². The number of azide groups is 1. The van der Waals surface area contributed by atoms with Gasteiger partial charge in [-0.25, -0.2) is 0 Å². The van der Waals surface area contributed by atoms with Crippen LogP contribution in [0.4, 0.5) is 0 Å². The Kier molecular flexibility index (Phi) is 2.93. The lowest BCUT2D eigenvalue weighted by molar-refractivity contribution is -0.120. The maximum absolute atomic E-state index is 10.8. The Morgan fingerprint density at radius 2 is 2.18 bits per heavy atom. The van der Waals surface area contributed by atoms with E-state index in [0.29, 0.717) is 31.1 Å². The summed E-state index contributed by atoms with van der Waals surface area (Å²) in [5.41, 5.74) is 8.04. The van der Waals surface area contributed by atoms with Gasteiger partial charge in [0, 0.05) is 24.3 Å². The van der Waals surface area contributed by atoms with Crippen molar-refractivity contribution in [2.24, 2.45) is 11.0 Å². The largest absolute Gasteiger partial charge is 0.300 e. The van der Waals surface area contributed by atoms with Gasteiger partial charge in [-0.3, -0.25) is 4.79 Å². The highest BCUT2D eigenvalue weighted by molar-refractivity contribution is 5.79. The normalized spacial score (nSPS) is 19.5. The molecule has 1 saturated carbocycles.